The Morgan fingerprint density at radius 1 is 1.40 bits per heavy atom. The third-order valence-electron chi connectivity index (χ3n) is 2.86. The minimum absolute atomic E-state index is 0.0413. The number of fused-ring (bicyclic) bond motifs is 1. The molecule has 104 valence electrons. The first-order valence-corrected chi connectivity index (χ1v) is 6.15. The van der Waals surface area contributed by atoms with Gasteiger partial charge in [-0.15, -0.1) is 0 Å². The molecule has 0 aliphatic rings. The monoisotopic (exact) mass is 273 g/mol. The van der Waals surface area contributed by atoms with E-state index >= 15 is 0 Å². The van der Waals surface area contributed by atoms with Crippen molar-refractivity contribution in [3.8, 4) is 0 Å². The van der Waals surface area contributed by atoms with Crippen LogP contribution >= 0.6 is 0 Å². The molecule has 0 saturated heterocycles. The van der Waals surface area contributed by atoms with Crippen LogP contribution < -0.4 is 11.1 Å². The number of aromatic nitrogens is 1. The number of nitrogens with zero attached hydrogens (tertiary/aromatic N) is 1. The van der Waals surface area contributed by atoms with E-state index in [2.05, 4.69) is 10.3 Å². The van der Waals surface area contributed by atoms with Crippen LogP contribution in [0.25, 0.3) is 10.9 Å². The largest absolute Gasteiger partial charge is 0.481 e. The lowest BCUT2D eigenvalue weighted by atomic mass is 10.1. The number of nitrogens with one attached hydrogen (secondary N) is 1. The van der Waals surface area contributed by atoms with Crippen molar-refractivity contribution in [3.05, 3.63) is 35.9 Å². The lowest BCUT2D eigenvalue weighted by Gasteiger charge is -2.14. The Labute approximate surface area is 115 Å². The summed E-state index contributed by atoms with van der Waals surface area (Å²) in [6, 6.07) is 8.40. The Hall–Kier alpha value is -2.63. The van der Waals surface area contributed by atoms with Crippen molar-refractivity contribution in [3.63, 3.8) is 0 Å². The molecule has 1 aromatic heterocycles. The van der Waals surface area contributed by atoms with Crippen LogP contribution in [0.1, 0.15) is 23.7 Å². The van der Waals surface area contributed by atoms with Gasteiger partial charge in [-0.25, -0.2) is 4.98 Å². The highest BCUT2D eigenvalue weighted by Crippen LogP contribution is 2.21. The first-order valence-electron chi connectivity index (χ1n) is 6.15. The van der Waals surface area contributed by atoms with Gasteiger partial charge in [0, 0.05) is 11.4 Å². The van der Waals surface area contributed by atoms with Gasteiger partial charge in [0.2, 0.25) is 5.91 Å². The summed E-state index contributed by atoms with van der Waals surface area (Å²) in [6.07, 6.45) is -0.0413. The molecule has 0 spiro atoms. The second kappa shape index (κ2) is 5.56. The predicted molar refractivity (Wildman–Crippen MR) is 75.6 cm³/mol. The van der Waals surface area contributed by atoms with Crippen LogP contribution in [0.5, 0.6) is 0 Å². The van der Waals surface area contributed by atoms with Gasteiger partial charge in [-0.05, 0) is 19.1 Å². The highest BCUT2D eigenvalue weighted by molar-refractivity contribution is 6.06. The predicted octanol–water partition coefficient (Wildman–Crippen LogP) is 1.61. The Morgan fingerprint density at radius 3 is 2.75 bits per heavy atom. The molecule has 1 amide bonds. The fourth-order valence-electron chi connectivity index (χ4n) is 2.02. The highest BCUT2D eigenvalue weighted by atomic mass is 16.4. The van der Waals surface area contributed by atoms with E-state index in [9.17, 15) is 9.59 Å². The second-order valence-electron chi connectivity index (χ2n) is 4.58. The van der Waals surface area contributed by atoms with Gasteiger partial charge in [0.05, 0.1) is 17.5 Å². The molecule has 0 aliphatic heterocycles. The Kier molecular flexibility index (Phi) is 3.84. The zero-order valence-corrected chi connectivity index (χ0v) is 11.0. The number of benzene rings is 1. The second-order valence-corrected chi connectivity index (χ2v) is 4.58. The average molecular weight is 273 g/mol. The molecule has 4 N–H and O–H groups in total. The van der Waals surface area contributed by atoms with Crippen molar-refractivity contribution >= 4 is 28.6 Å². The number of hydrogen-bond acceptors (Lipinski definition) is 4. The van der Waals surface area contributed by atoms with E-state index < -0.39 is 11.9 Å². The normalized spacial score (nSPS) is 12.1. The van der Waals surface area contributed by atoms with Crippen LogP contribution in [0.4, 0.5) is 5.82 Å². The van der Waals surface area contributed by atoms with E-state index in [1.807, 2.05) is 6.07 Å². The number of carbonyl (C=O) groups excluding carboxylic acids is 1. The third-order valence-corrected chi connectivity index (χ3v) is 2.86. The molecule has 20 heavy (non-hydrogen) atoms. The minimum Gasteiger partial charge on any atom is -0.481 e. The Morgan fingerprint density at radius 2 is 2.10 bits per heavy atom. The van der Waals surface area contributed by atoms with Gasteiger partial charge in [0.25, 0.3) is 0 Å². The summed E-state index contributed by atoms with van der Waals surface area (Å²) in [7, 11) is 0. The molecule has 0 fully saturated rings. The van der Waals surface area contributed by atoms with Crippen molar-refractivity contribution in [2.45, 2.75) is 19.4 Å². The van der Waals surface area contributed by atoms with E-state index in [0.717, 1.165) is 0 Å². The summed E-state index contributed by atoms with van der Waals surface area (Å²) in [4.78, 5) is 26.5. The maximum atomic E-state index is 11.5. The number of anilines is 1. The average Bonchev–Trinajstić information content (AvgIpc) is 2.36. The number of para-hydroxylation sites is 1. The molecule has 1 aromatic carbocycles. The van der Waals surface area contributed by atoms with Gasteiger partial charge in [0.15, 0.2) is 0 Å². The van der Waals surface area contributed by atoms with E-state index in [4.69, 9.17) is 10.8 Å². The fraction of sp³-hybridized carbons (Fsp3) is 0.214. The van der Waals surface area contributed by atoms with Crippen LogP contribution in [0.15, 0.2) is 30.3 Å². The first-order chi connectivity index (χ1) is 9.47. The molecule has 0 bridgehead atoms. The van der Waals surface area contributed by atoms with Crippen LogP contribution in [0.2, 0.25) is 0 Å². The smallest absolute Gasteiger partial charge is 0.305 e. The fourth-order valence-corrected chi connectivity index (χ4v) is 2.02. The SMILES string of the molecule is CC(CC(=O)O)Nc1cc(C(N)=O)c2ccccc2n1. The lowest BCUT2D eigenvalue weighted by molar-refractivity contribution is -0.137. The van der Waals surface area contributed by atoms with Crippen molar-refractivity contribution in [2.75, 3.05) is 5.32 Å². The number of hydrogen-bond donors (Lipinski definition) is 3. The molecule has 2 aromatic rings. The van der Waals surface area contributed by atoms with Crippen LogP contribution in [0, 0.1) is 0 Å². The number of primary amides is 1. The quantitative estimate of drug-likeness (QED) is 0.767. The van der Waals surface area contributed by atoms with E-state index in [-0.39, 0.29) is 12.5 Å². The Bertz CT molecular complexity index is 670. The number of carboxylic acid groups (broad SMARTS) is 1. The summed E-state index contributed by atoms with van der Waals surface area (Å²) in [5.74, 6) is -1.01. The molecule has 2 rings (SSSR count). The minimum atomic E-state index is -0.902. The van der Waals surface area contributed by atoms with Crippen molar-refractivity contribution in [1.29, 1.82) is 0 Å². The van der Waals surface area contributed by atoms with Gasteiger partial charge in [-0.2, -0.15) is 0 Å². The first kappa shape index (κ1) is 13.8. The molecule has 6 heteroatoms. The summed E-state index contributed by atoms with van der Waals surface area (Å²) < 4.78 is 0. The number of pyridine rings is 1. The van der Waals surface area contributed by atoms with Gasteiger partial charge in [-0.3, -0.25) is 9.59 Å². The summed E-state index contributed by atoms with van der Waals surface area (Å²) >= 11 is 0. The molecule has 1 unspecified atom stereocenters. The summed E-state index contributed by atoms with van der Waals surface area (Å²) in [6.45, 7) is 1.73. The molecular formula is C14H15N3O3. The standard InChI is InChI=1S/C14H15N3O3/c1-8(6-13(18)19)16-12-7-10(14(15)20)9-4-2-3-5-11(9)17-12/h2-5,7-8H,6H2,1H3,(H2,15,20)(H,16,17)(H,18,19). The number of carbonyl (C=O) groups is 2. The molecule has 1 heterocycles. The number of aliphatic carboxylic acids is 1. The third kappa shape index (κ3) is 3.03. The van der Waals surface area contributed by atoms with Gasteiger partial charge in [0.1, 0.15) is 5.82 Å². The lowest BCUT2D eigenvalue weighted by Crippen LogP contribution is -2.21. The van der Waals surface area contributed by atoms with Gasteiger partial charge < -0.3 is 16.2 Å². The van der Waals surface area contributed by atoms with Crippen LogP contribution in [-0.2, 0) is 4.79 Å². The molecule has 0 aliphatic carbocycles. The number of amides is 1. The van der Waals surface area contributed by atoms with Crippen molar-refractivity contribution in [2.24, 2.45) is 5.73 Å². The zero-order valence-electron chi connectivity index (χ0n) is 11.0. The zero-order chi connectivity index (χ0) is 14.7. The van der Waals surface area contributed by atoms with Crippen LogP contribution in [-0.4, -0.2) is 28.0 Å². The van der Waals surface area contributed by atoms with E-state index in [0.29, 0.717) is 22.3 Å². The number of rotatable bonds is 5. The molecule has 0 saturated carbocycles. The molecule has 6 nitrogen and oxygen atoms in total. The van der Waals surface area contributed by atoms with Crippen LogP contribution in [0.3, 0.4) is 0 Å². The van der Waals surface area contributed by atoms with Gasteiger partial charge >= 0.3 is 5.97 Å². The summed E-state index contributed by atoms with van der Waals surface area (Å²) in [5.41, 5.74) is 6.37. The molecular weight excluding hydrogens is 258 g/mol. The van der Waals surface area contributed by atoms with Crippen molar-refractivity contribution < 1.29 is 14.7 Å². The molecule has 1 atom stereocenters. The molecule has 0 radical (unpaired) electrons. The maximum absolute atomic E-state index is 11.5. The highest BCUT2D eigenvalue weighted by Gasteiger charge is 2.12. The Balaban J connectivity index is 2.40. The number of nitrogens with two attached hydrogens (primary N) is 1. The topological polar surface area (TPSA) is 105 Å². The summed E-state index contributed by atoms with van der Waals surface area (Å²) in [5, 5.41) is 12.4. The van der Waals surface area contributed by atoms with Crippen molar-refractivity contribution in [1.82, 2.24) is 4.98 Å². The van der Waals surface area contributed by atoms with E-state index in [1.54, 1.807) is 31.2 Å². The maximum Gasteiger partial charge on any atom is 0.305 e. The van der Waals surface area contributed by atoms with Gasteiger partial charge in [-0.1, -0.05) is 18.2 Å². The number of carboxylic acids is 1. The van der Waals surface area contributed by atoms with E-state index in [1.165, 1.54) is 0 Å².